The number of aryl methyl sites for hydroxylation is 1. The summed E-state index contributed by atoms with van der Waals surface area (Å²) in [5, 5.41) is 0. The van der Waals surface area contributed by atoms with Gasteiger partial charge < -0.3 is 9.30 Å². The number of alkyl halides is 3. The van der Waals surface area contributed by atoms with Crippen LogP contribution in [-0.4, -0.2) is 22.1 Å². The maximum atomic E-state index is 13.0. The van der Waals surface area contributed by atoms with Crippen molar-refractivity contribution in [1.82, 2.24) is 9.55 Å². The second-order valence-corrected chi connectivity index (χ2v) is 4.48. The van der Waals surface area contributed by atoms with Crippen molar-refractivity contribution in [3.8, 4) is 0 Å². The van der Waals surface area contributed by atoms with Gasteiger partial charge in [0, 0.05) is 13.0 Å². The van der Waals surface area contributed by atoms with Gasteiger partial charge in [-0.1, -0.05) is 12.1 Å². The number of halogens is 3. The highest BCUT2D eigenvalue weighted by Gasteiger charge is 2.37. The van der Waals surface area contributed by atoms with Crippen LogP contribution in [0.5, 0.6) is 0 Å². The van der Waals surface area contributed by atoms with Crippen LogP contribution >= 0.6 is 0 Å². The molecule has 0 fully saturated rings. The number of aromatic nitrogens is 2. The molecule has 0 atom stereocenters. The number of nitrogens with zero attached hydrogens (tertiary/aromatic N) is 2. The fourth-order valence-corrected chi connectivity index (χ4v) is 2.13. The molecular weight excluding hydrogens is 285 g/mol. The molecular formula is C14H15F3N2O2. The van der Waals surface area contributed by atoms with Crippen molar-refractivity contribution in [1.29, 1.82) is 0 Å². The van der Waals surface area contributed by atoms with Gasteiger partial charge in [0.05, 0.1) is 17.6 Å². The third-order valence-electron chi connectivity index (χ3n) is 2.98. The molecule has 0 N–H and O–H groups in total. The Morgan fingerprint density at radius 2 is 2.05 bits per heavy atom. The predicted molar refractivity (Wildman–Crippen MR) is 70.6 cm³/mol. The van der Waals surface area contributed by atoms with Gasteiger partial charge in [0.1, 0.15) is 0 Å². The largest absolute Gasteiger partial charge is 0.466 e. The van der Waals surface area contributed by atoms with E-state index in [9.17, 15) is 18.0 Å². The van der Waals surface area contributed by atoms with Gasteiger partial charge in [0.15, 0.2) is 0 Å². The van der Waals surface area contributed by atoms with Crippen molar-refractivity contribution in [3.63, 3.8) is 0 Å². The van der Waals surface area contributed by atoms with Gasteiger partial charge in [-0.15, -0.1) is 0 Å². The second-order valence-electron chi connectivity index (χ2n) is 4.48. The summed E-state index contributed by atoms with van der Waals surface area (Å²) in [6.45, 7) is 2.01. The zero-order chi connectivity index (χ0) is 15.5. The molecule has 0 radical (unpaired) electrons. The van der Waals surface area contributed by atoms with E-state index in [1.807, 2.05) is 0 Å². The Morgan fingerprint density at radius 3 is 2.71 bits per heavy atom. The molecule has 7 heteroatoms. The van der Waals surface area contributed by atoms with Gasteiger partial charge in [0.25, 0.3) is 0 Å². The number of hydrogen-bond donors (Lipinski definition) is 0. The highest BCUT2D eigenvalue weighted by molar-refractivity contribution is 5.76. The highest BCUT2D eigenvalue weighted by atomic mass is 19.4. The summed E-state index contributed by atoms with van der Waals surface area (Å²) in [5.74, 6) is -1.34. The number of imidazole rings is 1. The molecule has 0 aliphatic rings. The predicted octanol–water partition coefficient (Wildman–Crippen LogP) is 3.40. The quantitative estimate of drug-likeness (QED) is 0.795. The molecule has 0 unspecified atom stereocenters. The van der Waals surface area contributed by atoms with E-state index in [0.717, 1.165) is 4.57 Å². The number of para-hydroxylation sites is 2. The zero-order valence-corrected chi connectivity index (χ0v) is 11.5. The Labute approximate surface area is 119 Å². The molecule has 0 aliphatic carbocycles. The summed E-state index contributed by atoms with van der Waals surface area (Å²) in [7, 11) is 0. The third kappa shape index (κ3) is 3.53. The number of esters is 1. The topological polar surface area (TPSA) is 44.1 Å². The summed E-state index contributed by atoms with van der Waals surface area (Å²) in [5.41, 5.74) is 0.703. The first kappa shape index (κ1) is 15.3. The molecule has 0 amide bonds. The van der Waals surface area contributed by atoms with Gasteiger partial charge in [-0.05, 0) is 25.5 Å². The van der Waals surface area contributed by atoms with Crippen molar-refractivity contribution >= 4 is 17.0 Å². The Kier molecular flexibility index (Phi) is 4.50. The minimum absolute atomic E-state index is 0.0637. The first-order valence-electron chi connectivity index (χ1n) is 6.61. The van der Waals surface area contributed by atoms with Gasteiger partial charge in [-0.25, -0.2) is 4.98 Å². The monoisotopic (exact) mass is 300 g/mol. The SMILES string of the molecule is CCOC(=O)CCCn1c(C(F)(F)F)nc2ccccc21. The molecule has 0 bridgehead atoms. The van der Waals surface area contributed by atoms with Crippen LogP contribution < -0.4 is 0 Å². The molecule has 1 aromatic heterocycles. The fourth-order valence-electron chi connectivity index (χ4n) is 2.13. The molecule has 0 spiro atoms. The molecule has 1 aromatic carbocycles. The van der Waals surface area contributed by atoms with Crippen LogP contribution in [0.4, 0.5) is 13.2 Å². The third-order valence-corrected chi connectivity index (χ3v) is 2.98. The summed E-state index contributed by atoms with van der Waals surface area (Å²) in [6, 6.07) is 6.42. The maximum Gasteiger partial charge on any atom is 0.449 e. The summed E-state index contributed by atoms with van der Waals surface area (Å²) < 4.78 is 44.9. The number of carbonyl (C=O) groups excluding carboxylic acids is 1. The Hall–Kier alpha value is -2.05. The average molecular weight is 300 g/mol. The molecule has 1 heterocycles. The molecule has 114 valence electrons. The van der Waals surface area contributed by atoms with Crippen molar-refractivity contribution in [3.05, 3.63) is 30.1 Å². The van der Waals surface area contributed by atoms with E-state index in [1.54, 1.807) is 25.1 Å². The minimum atomic E-state index is -4.52. The van der Waals surface area contributed by atoms with Crippen molar-refractivity contribution < 1.29 is 22.7 Å². The van der Waals surface area contributed by atoms with Crippen molar-refractivity contribution in [2.24, 2.45) is 0 Å². The first-order valence-corrected chi connectivity index (χ1v) is 6.61. The van der Waals surface area contributed by atoms with E-state index in [2.05, 4.69) is 4.98 Å². The molecule has 4 nitrogen and oxygen atoms in total. The average Bonchev–Trinajstić information content (AvgIpc) is 2.78. The van der Waals surface area contributed by atoms with Crippen LogP contribution in [-0.2, 0) is 22.3 Å². The standard InChI is InChI=1S/C14H15F3N2O2/c1-2-21-12(20)8-5-9-19-11-7-4-3-6-10(11)18-13(19)14(15,16)17/h3-4,6-7H,2,5,8-9H2,1H3. The second kappa shape index (κ2) is 6.15. The number of carbonyl (C=O) groups is 1. The Bertz CT molecular complexity index is 635. The minimum Gasteiger partial charge on any atom is -0.466 e. The smallest absolute Gasteiger partial charge is 0.449 e. The van der Waals surface area contributed by atoms with Crippen LogP contribution in [0.1, 0.15) is 25.6 Å². The summed E-state index contributed by atoms with van der Waals surface area (Å²) in [4.78, 5) is 14.9. The number of hydrogen-bond acceptors (Lipinski definition) is 3. The molecule has 0 saturated heterocycles. The number of benzene rings is 1. The van der Waals surface area contributed by atoms with Crippen LogP contribution in [0.2, 0.25) is 0 Å². The van der Waals surface area contributed by atoms with E-state index in [-0.39, 0.29) is 26.0 Å². The van der Waals surface area contributed by atoms with E-state index in [1.165, 1.54) is 6.07 Å². The molecule has 21 heavy (non-hydrogen) atoms. The van der Waals surface area contributed by atoms with Crippen molar-refractivity contribution in [2.75, 3.05) is 6.61 Å². The number of fused-ring (bicyclic) bond motifs is 1. The van der Waals surface area contributed by atoms with E-state index in [0.29, 0.717) is 11.0 Å². The number of rotatable bonds is 5. The summed E-state index contributed by atoms with van der Waals surface area (Å²) >= 11 is 0. The molecule has 2 rings (SSSR count). The molecule has 0 saturated carbocycles. The Morgan fingerprint density at radius 1 is 1.33 bits per heavy atom. The van der Waals surface area contributed by atoms with E-state index in [4.69, 9.17) is 4.74 Å². The summed E-state index contributed by atoms with van der Waals surface area (Å²) in [6.07, 6.45) is -4.18. The number of ether oxygens (including phenoxy) is 1. The van der Waals surface area contributed by atoms with Crippen molar-refractivity contribution in [2.45, 2.75) is 32.5 Å². The fraction of sp³-hybridized carbons (Fsp3) is 0.429. The van der Waals surface area contributed by atoms with Crippen LogP contribution in [0.25, 0.3) is 11.0 Å². The van der Waals surface area contributed by atoms with Gasteiger partial charge in [-0.2, -0.15) is 13.2 Å². The van der Waals surface area contributed by atoms with Gasteiger partial charge >= 0.3 is 12.1 Å². The van der Waals surface area contributed by atoms with Gasteiger partial charge in [-0.3, -0.25) is 4.79 Å². The van der Waals surface area contributed by atoms with Gasteiger partial charge in [0.2, 0.25) is 5.82 Å². The van der Waals surface area contributed by atoms with E-state index >= 15 is 0 Å². The highest BCUT2D eigenvalue weighted by Crippen LogP contribution is 2.31. The lowest BCUT2D eigenvalue weighted by molar-refractivity contribution is -0.147. The molecule has 2 aromatic rings. The van der Waals surface area contributed by atoms with Crippen LogP contribution in [0.3, 0.4) is 0 Å². The molecule has 0 aliphatic heterocycles. The lowest BCUT2D eigenvalue weighted by atomic mass is 10.3. The lowest BCUT2D eigenvalue weighted by Crippen LogP contribution is -2.16. The Balaban J connectivity index is 2.22. The normalized spacial score (nSPS) is 11.8. The first-order chi connectivity index (χ1) is 9.93. The lowest BCUT2D eigenvalue weighted by Gasteiger charge is -2.11. The zero-order valence-electron chi connectivity index (χ0n) is 11.5. The van der Waals surface area contributed by atoms with Crippen LogP contribution in [0, 0.1) is 0 Å². The van der Waals surface area contributed by atoms with Crippen LogP contribution in [0.15, 0.2) is 24.3 Å². The van der Waals surface area contributed by atoms with E-state index < -0.39 is 18.0 Å². The maximum absolute atomic E-state index is 13.0.